The molecule has 1 aromatic carbocycles. The second-order valence-electron chi connectivity index (χ2n) is 4.51. The third-order valence-corrected chi connectivity index (χ3v) is 3.05. The molecule has 21 heavy (non-hydrogen) atoms. The number of carbonyl (C=O) groups excluding carboxylic acids is 1. The van der Waals surface area contributed by atoms with Crippen LogP contribution in [0.4, 0.5) is 15.8 Å². The number of benzene rings is 1. The third-order valence-electron chi connectivity index (χ3n) is 3.05. The summed E-state index contributed by atoms with van der Waals surface area (Å²) in [6.45, 7) is 3.81. The molecule has 0 amide bonds. The number of methoxy groups -OCH3 is 1. The number of rotatable bonds is 4. The average molecular weight is 293 g/mol. The summed E-state index contributed by atoms with van der Waals surface area (Å²) in [6.07, 6.45) is 0. The van der Waals surface area contributed by atoms with Gasteiger partial charge in [0, 0.05) is 5.69 Å². The van der Waals surface area contributed by atoms with Crippen LogP contribution in [0, 0.1) is 19.7 Å². The smallest absolute Gasteiger partial charge is 0.340 e. The molecule has 3 N–H and O–H groups in total. The van der Waals surface area contributed by atoms with Gasteiger partial charge >= 0.3 is 5.97 Å². The van der Waals surface area contributed by atoms with Gasteiger partial charge in [-0.1, -0.05) is 0 Å². The molecule has 1 aromatic heterocycles. The molecule has 2 aromatic rings. The minimum Gasteiger partial charge on any atom is -0.465 e. The maximum Gasteiger partial charge on any atom is 0.340 e. The van der Waals surface area contributed by atoms with E-state index in [0.29, 0.717) is 11.7 Å². The van der Waals surface area contributed by atoms with Gasteiger partial charge in [0.05, 0.1) is 30.6 Å². The number of nitrogens with one attached hydrogen (secondary N) is 1. The first-order chi connectivity index (χ1) is 9.92. The number of aryl methyl sites for hydroxylation is 2. The number of anilines is 2. The fraction of sp³-hybridized carbons (Fsp3) is 0.286. The summed E-state index contributed by atoms with van der Waals surface area (Å²) in [6, 6.07) is 2.37. The fourth-order valence-electron chi connectivity index (χ4n) is 1.80. The molecule has 0 saturated carbocycles. The minimum absolute atomic E-state index is 0.0210. The Kier molecular flexibility index (Phi) is 4.11. The van der Waals surface area contributed by atoms with Gasteiger partial charge in [-0.2, -0.15) is 0 Å². The van der Waals surface area contributed by atoms with Gasteiger partial charge in [0.2, 0.25) is 5.89 Å². The molecule has 0 unspecified atom stereocenters. The van der Waals surface area contributed by atoms with Crippen molar-refractivity contribution in [2.45, 2.75) is 20.4 Å². The molecule has 0 atom stereocenters. The maximum atomic E-state index is 13.8. The molecule has 0 radical (unpaired) electrons. The number of nitrogens with zero attached hydrogens (tertiary/aromatic N) is 1. The largest absolute Gasteiger partial charge is 0.465 e. The van der Waals surface area contributed by atoms with Crippen molar-refractivity contribution in [2.24, 2.45) is 0 Å². The van der Waals surface area contributed by atoms with Crippen molar-refractivity contribution in [3.8, 4) is 0 Å². The van der Waals surface area contributed by atoms with Crippen molar-refractivity contribution in [1.82, 2.24) is 4.98 Å². The number of ether oxygens (including phenoxy) is 1. The lowest BCUT2D eigenvalue weighted by Crippen LogP contribution is -2.09. The monoisotopic (exact) mass is 293 g/mol. The quantitative estimate of drug-likeness (QED) is 0.664. The Bertz CT molecular complexity index is 663. The molecule has 0 aliphatic carbocycles. The van der Waals surface area contributed by atoms with Crippen LogP contribution in [-0.4, -0.2) is 18.1 Å². The minimum atomic E-state index is -0.627. The van der Waals surface area contributed by atoms with Crippen molar-refractivity contribution in [3.05, 3.63) is 40.9 Å². The molecule has 0 aliphatic rings. The van der Waals surface area contributed by atoms with Crippen LogP contribution in [0.2, 0.25) is 0 Å². The van der Waals surface area contributed by atoms with Gasteiger partial charge < -0.3 is 20.2 Å². The predicted molar refractivity (Wildman–Crippen MR) is 75.5 cm³/mol. The van der Waals surface area contributed by atoms with Crippen molar-refractivity contribution >= 4 is 17.3 Å². The van der Waals surface area contributed by atoms with E-state index in [4.69, 9.17) is 10.2 Å². The zero-order valence-corrected chi connectivity index (χ0v) is 12.0. The Morgan fingerprint density at radius 1 is 1.48 bits per heavy atom. The summed E-state index contributed by atoms with van der Waals surface area (Å²) in [5.41, 5.74) is 6.62. The van der Waals surface area contributed by atoms with E-state index < -0.39 is 11.8 Å². The molecule has 1 heterocycles. The lowest BCUT2D eigenvalue weighted by molar-refractivity contribution is 0.0602. The highest BCUT2D eigenvalue weighted by atomic mass is 19.1. The van der Waals surface area contributed by atoms with Crippen LogP contribution in [0.15, 0.2) is 16.5 Å². The molecule has 2 rings (SSSR count). The number of hydrogen-bond acceptors (Lipinski definition) is 6. The first-order valence-electron chi connectivity index (χ1n) is 6.26. The zero-order valence-electron chi connectivity index (χ0n) is 12.0. The van der Waals surface area contributed by atoms with Gasteiger partial charge in [0.15, 0.2) is 0 Å². The van der Waals surface area contributed by atoms with E-state index in [2.05, 4.69) is 15.0 Å². The highest BCUT2D eigenvalue weighted by Gasteiger charge is 2.15. The first kappa shape index (κ1) is 14.8. The number of oxazole rings is 1. The molecule has 112 valence electrons. The van der Waals surface area contributed by atoms with Crippen molar-refractivity contribution in [3.63, 3.8) is 0 Å². The maximum absolute atomic E-state index is 13.8. The Morgan fingerprint density at radius 3 is 2.76 bits per heavy atom. The summed E-state index contributed by atoms with van der Waals surface area (Å²) >= 11 is 0. The molecule has 0 saturated heterocycles. The number of halogens is 1. The van der Waals surface area contributed by atoms with Gasteiger partial charge in [-0.3, -0.25) is 0 Å². The Hall–Kier alpha value is -2.57. The molecule has 0 aliphatic heterocycles. The summed E-state index contributed by atoms with van der Waals surface area (Å²) in [4.78, 5) is 15.7. The SMILES string of the molecule is COC(=O)c1cc(NCc2nc(C)c(C)o2)c(F)cc1N. The zero-order chi connectivity index (χ0) is 15.6. The number of carbonyl (C=O) groups is 1. The molecule has 0 spiro atoms. The van der Waals surface area contributed by atoms with E-state index in [9.17, 15) is 9.18 Å². The Morgan fingerprint density at radius 2 is 2.19 bits per heavy atom. The van der Waals surface area contributed by atoms with E-state index in [1.807, 2.05) is 6.92 Å². The van der Waals surface area contributed by atoms with E-state index in [-0.39, 0.29) is 23.5 Å². The van der Waals surface area contributed by atoms with Crippen LogP contribution in [0.25, 0.3) is 0 Å². The van der Waals surface area contributed by atoms with Gasteiger partial charge in [-0.05, 0) is 26.0 Å². The van der Waals surface area contributed by atoms with E-state index in [1.54, 1.807) is 6.92 Å². The standard InChI is InChI=1S/C14H16FN3O3/c1-7-8(2)21-13(18-7)6-17-12-4-9(14(19)20-3)11(16)5-10(12)15/h4-5,17H,6,16H2,1-3H3. The highest BCUT2D eigenvalue weighted by molar-refractivity contribution is 5.96. The molecular formula is C14H16FN3O3. The van der Waals surface area contributed by atoms with Crippen molar-refractivity contribution < 1.29 is 18.3 Å². The second-order valence-corrected chi connectivity index (χ2v) is 4.51. The first-order valence-corrected chi connectivity index (χ1v) is 6.26. The summed E-state index contributed by atoms with van der Waals surface area (Å²) < 4.78 is 23.8. The number of esters is 1. The molecular weight excluding hydrogens is 277 g/mol. The van der Waals surface area contributed by atoms with Crippen LogP contribution >= 0.6 is 0 Å². The van der Waals surface area contributed by atoms with Crippen LogP contribution in [-0.2, 0) is 11.3 Å². The van der Waals surface area contributed by atoms with Gasteiger partial charge in [0.1, 0.15) is 11.6 Å². The number of hydrogen-bond donors (Lipinski definition) is 2. The fourth-order valence-corrected chi connectivity index (χ4v) is 1.80. The number of aromatic nitrogens is 1. The number of nitrogen functional groups attached to an aromatic ring is 1. The van der Waals surface area contributed by atoms with E-state index >= 15 is 0 Å². The summed E-state index contributed by atoms with van der Waals surface area (Å²) in [5, 5.41) is 2.82. The predicted octanol–water partition coefficient (Wildman–Crippen LogP) is 2.41. The number of nitrogens with two attached hydrogens (primary N) is 1. The van der Waals surface area contributed by atoms with Crippen LogP contribution < -0.4 is 11.1 Å². The lowest BCUT2D eigenvalue weighted by atomic mass is 10.1. The van der Waals surface area contributed by atoms with E-state index in [0.717, 1.165) is 11.8 Å². The topological polar surface area (TPSA) is 90.4 Å². The Labute approximate surface area is 121 Å². The van der Waals surface area contributed by atoms with Gasteiger partial charge in [-0.15, -0.1) is 0 Å². The van der Waals surface area contributed by atoms with E-state index in [1.165, 1.54) is 13.2 Å². The third kappa shape index (κ3) is 3.13. The molecule has 0 bridgehead atoms. The van der Waals surface area contributed by atoms with Gasteiger partial charge in [0.25, 0.3) is 0 Å². The van der Waals surface area contributed by atoms with Crippen LogP contribution in [0.3, 0.4) is 0 Å². The molecule has 6 nitrogen and oxygen atoms in total. The average Bonchev–Trinajstić information content (AvgIpc) is 2.76. The Balaban J connectivity index is 2.21. The van der Waals surface area contributed by atoms with Crippen LogP contribution in [0.1, 0.15) is 27.7 Å². The summed E-state index contributed by atoms with van der Waals surface area (Å²) in [7, 11) is 1.23. The van der Waals surface area contributed by atoms with Crippen molar-refractivity contribution in [1.29, 1.82) is 0 Å². The van der Waals surface area contributed by atoms with Crippen molar-refractivity contribution in [2.75, 3.05) is 18.2 Å². The lowest BCUT2D eigenvalue weighted by Gasteiger charge is -2.10. The van der Waals surface area contributed by atoms with Crippen LogP contribution in [0.5, 0.6) is 0 Å². The highest BCUT2D eigenvalue weighted by Crippen LogP contribution is 2.23. The molecule has 7 heteroatoms. The summed E-state index contributed by atoms with van der Waals surface area (Å²) in [5.74, 6) is -0.0563. The normalized spacial score (nSPS) is 10.5. The van der Waals surface area contributed by atoms with Gasteiger partial charge in [-0.25, -0.2) is 14.2 Å². The second kappa shape index (κ2) is 5.82. The molecule has 0 fully saturated rings.